The zero-order chi connectivity index (χ0) is 23.8. The number of halogens is 3. The summed E-state index contributed by atoms with van der Waals surface area (Å²) in [7, 11) is 0. The van der Waals surface area contributed by atoms with Gasteiger partial charge in [0, 0.05) is 19.0 Å². The number of nitrogens with one attached hydrogen (secondary N) is 1. The molecule has 2 aromatic heterocycles. The van der Waals surface area contributed by atoms with Gasteiger partial charge in [0.1, 0.15) is 0 Å². The van der Waals surface area contributed by atoms with Gasteiger partial charge in [0.25, 0.3) is 0 Å². The Morgan fingerprint density at radius 2 is 1.97 bits per heavy atom. The molecule has 1 amide bonds. The summed E-state index contributed by atoms with van der Waals surface area (Å²) >= 11 is 0. The normalized spacial score (nSPS) is 16.4. The largest absolute Gasteiger partial charge is 0.486 e. The molecule has 3 heterocycles. The monoisotopic (exact) mass is 463 g/mol. The average molecular weight is 464 g/mol. The second-order valence-corrected chi connectivity index (χ2v) is 9.82. The van der Waals surface area contributed by atoms with Gasteiger partial charge in [-0.15, -0.1) is 0 Å². The van der Waals surface area contributed by atoms with Gasteiger partial charge in [-0.2, -0.15) is 13.2 Å². The van der Waals surface area contributed by atoms with Crippen LogP contribution in [0.15, 0.2) is 18.5 Å². The third-order valence-corrected chi connectivity index (χ3v) is 5.34. The number of hydrogen-bond acceptors (Lipinski definition) is 6. The fourth-order valence-electron chi connectivity index (χ4n) is 3.68. The van der Waals surface area contributed by atoms with Crippen molar-refractivity contribution in [2.75, 3.05) is 16.8 Å². The molecular formula is C23H28F3N5O2. The van der Waals surface area contributed by atoms with Crippen molar-refractivity contribution in [3.05, 3.63) is 35.5 Å². The SMILES string of the molecule is CC(C)(C)CC(=O)Nc1nc2c(cc1OC1CC1)N(Cc1cnc(C(F)(F)F)cn1)CCC2. The molecule has 2 aliphatic rings. The van der Waals surface area contributed by atoms with Crippen LogP contribution in [0.2, 0.25) is 0 Å². The van der Waals surface area contributed by atoms with E-state index in [-0.39, 0.29) is 17.4 Å². The van der Waals surface area contributed by atoms with E-state index < -0.39 is 11.9 Å². The molecular weight excluding hydrogens is 435 g/mol. The van der Waals surface area contributed by atoms with Gasteiger partial charge in [-0.05, 0) is 31.1 Å². The van der Waals surface area contributed by atoms with Crippen LogP contribution in [-0.2, 0) is 23.9 Å². The molecule has 0 radical (unpaired) electrons. The lowest BCUT2D eigenvalue weighted by Crippen LogP contribution is -2.30. The lowest BCUT2D eigenvalue weighted by atomic mass is 9.92. The van der Waals surface area contributed by atoms with E-state index in [1.54, 1.807) is 0 Å². The first-order chi connectivity index (χ1) is 15.5. The second-order valence-electron chi connectivity index (χ2n) is 9.82. The molecule has 1 N–H and O–H groups in total. The van der Waals surface area contributed by atoms with E-state index in [1.807, 2.05) is 31.7 Å². The number of fused-ring (bicyclic) bond motifs is 1. The van der Waals surface area contributed by atoms with E-state index in [0.29, 0.717) is 36.8 Å². The summed E-state index contributed by atoms with van der Waals surface area (Å²) in [5.41, 5.74) is 0.920. The van der Waals surface area contributed by atoms with Gasteiger partial charge in [-0.25, -0.2) is 9.97 Å². The number of pyridine rings is 1. The lowest BCUT2D eigenvalue weighted by molar-refractivity contribution is -0.141. The summed E-state index contributed by atoms with van der Waals surface area (Å²) in [6.07, 6.45) is 1.34. The lowest BCUT2D eigenvalue weighted by Gasteiger charge is -2.31. The Hall–Kier alpha value is -2.91. The van der Waals surface area contributed by atoms with Crippen LogP contribution in [0.4, 0.5) is 24.7 Å². The van der Waals surface area contributed by atoms with Crippen molar-refractivity contribution < 1.29 is 22.7 Å². The van der Waals surface area contributed by atoms with Crippen LogP contribution in [0.1, 0.15) is 63.5 Å². The van der Waals surface area contributed by atoms with Crippen LogP contribution in [0.25, 0.3) is 0 Å². The maximum absolute atomic E-state index is 12.8. The third kappa shape index (κ3) is 6.11. The highest BCUT2D eigenvalue weighted by molar-refractivity contribution is 5.92. The molecule has 0 atom stereocenters. The second kappa shape index (κ2) is 8.79. The summed E-state index contributed by atoms with van der Waals surface area (Å²) in [6, 6.07) is 1.88. The van der Waals surface area contributed by atoms with Gasteiger partial charge in [0.2, 0.25) is 5.91 Å². The maximum Gasteiger partial charge on any atom is 0.434 e. The summed E-state index contributed by atoms with van der Waals surface area (Å²) < 4.78 is 44.4. The summed E-state index contributed by atoms with van der Waals surface area (Å²) in [6.45, 7) is 7.00. The Balaban J connectivity index is 1.58. The predicted molar refractivity (Wildman–Crippen MR) is 117 cm³/mol. The molecule has 178 valence electrons. The maximum atomic E-state index is 12.8. The average Bonchev–Trinajstić information content (AvgIpc) is 3.51. The van der Waals surface area contributed by atoms with Crippen molar-refractivity contribution in [3.63, 3.8) is 0 Å². The molecule has 1 fully saturated rings. The van der Waals surface area contributed by atoms with E-state index >= 15 is 0 Å². The number of amides is 1. The van der Waals surface area contributed by atoms with Crippen LogP contribution in [-0.4, -0.2) is 33.5 Å². The number of alkyl halides is 3. The number of aryl methyl sites for hydroxylation is 1. The predicted octanol–water partition coefficient (Wildman–Crippen LogP) is 4.76. The van der Waals surface area contributed by atoms with Crippen LogP contribution in [0.3, 0.4) is 0 Å². The van der Waals surface area contributed by atoms with Gasteiger partial charge >= 0.3 is 6.18 Å². The van der Waals surface area contributed by atoms with Crippen LogP contribution < -0.4 is 15.0 Å². The molecule has 10 heteroatoms. The van der Waals surface area contributed by atoms with E-state index in [0.717, 1.165) is 49.5 Å². The number of aromatic nitrogens is 3. The molecule has 1 saturated carbocycles. The van der Waals surface area contributed by atoms with Crippen molar-refractivity contribution in [2.45, 2.75) is 71.7 Å². The highest BCUT2D eigenvalue weighted by Crippen LogP contribution is 2.38. The number of carbonyl (C=O) groups excluding carboxylic acids is 1. The van der Waals surface area contributed by atoms with Crippen molar-refractivity contribution >= 4 is 17.4 Å². The molecule has 2 aromatic rings. The molecule has 7 nitrogen and oxygen atoms in total. The first kappa shape index (κ1) is 23.3. The molecule has 33 heavy (non-hydrogen) atoms. The van der Waals surface area contributed by atoms with Gasteiger partial charge in [0.05, 0.1) is 42.1 Å². The van der Waals surface area contributed by atoms with Gasteiger partial charge in [-0.3, -0.25) is 9.78 Å². The molecule has 1 aliphatic carbocycles. The Kier molecular flexibility index (Phi) is 6.20. The minimum Gasteiger partial charge on any atom is -0.486 e. The Labute approximate surface area is 190 Å². The summed E-state index contributed by atoms with van der Waals surface area (Å²) in [4.78, 5) is 26.7. The molecule has 4 rings (SSSR count). The molecule has 0 aromatic carbocycles. The Bertz CT molecular complexity index is 1010. The topological polar surface area (TPSA) is 80.2 Å². The molecule has 0 bridgehead atoms. The van der Waals surface area contributed by atoms with Crippen molar-refractivity contribution in [1.82, 2.24) is 15.0 Å². The molecule has 0 saturated heterocycles. The van der Waals surface area contributed by atoms with Gasteiger partial charge in [0.15, 0.2) is 17.3 Å². The summed E-state index contributed by atoms with van der Waals surface area (Å²) in [5, 5.41) is 2.91. The Morgan fingerprint density at radius 1 is 1.21 bits per heavy atom. The van der Waals surface area contributed by atoms with Crippen LogP contribution in [0, 0.1) is 5.41 Å². The van der Waals surface area contributed by atoms with E-state index in [4.69, 9.17) is 9.72 Å². The quantitative estimate of drug-likeness (QED) is 0.666. The Morgan fingerprint density at radius 3 is 2.58 bits per heavy atom. The van der Waals surface area contributed by atoms with E-state index in [2.05, 4.69) is 15.3 Å². The first-order valence-electron chi connectivity index (χ1n) is 11.1. The zero-order valence-electron chi connectivity index (χ0n) is 19.0. The minimum absolute atomic E-state index is 0.112. The smallest absolute Gasteiger partial charge is 0.434 e. The number of hydrogen-bond donors (Lipinski definition) is 1. The van der Waals surface area contributed by atoms with Gasteiger partial charge < -0.3 is 15.0 Å². The fourth-order valence-corrected chi connectivity index (χ4v) is 3.68. The van der Waals surface area contributed by atoms with Crippen LogP contribution >= 0.6 is 0 Å². The van der Waals surface area contributed by atoms with Crippen molar-refractivity contribution in [3.8, 4) is 5.75 Å². The van der Waals surface area contributed by atoms with Gasteiger partial charge in [-0.1, -0.05) is 20.8 Å². The van der Waals surface area contributed by atoms with E-state index in [1.165, 1.54) is 0 Å². The van der Waals surface area contributed by atoms with Crippen molar-refractivity contribution in [1.29, 1.82) is 0 Å². The molecule has 1 aliphatic heterocycles. The summed E-state index contributed by atoms with van der Waals surface area (Å²) in [5.74, 6) is 0.818. The zero-order valence-corrected chi connectivity index (χ0v) is 19.0. The standard InChI is InChI=1S/C23H28F3N5O2/c1-22(2,3)10-20(32)30-21-18(33-15-6-7-15)9-17-16(29-21)5-4-8-31(17)13-14-11-28-19(12-27-14)23(24,25)26/h9,11-12,15H,4-8,10,13H2,1-3H3,(H,29,30,32). The number of ether oxygens (including phenoxy) is 1. The number of anilines is 2. The first-order valence-corrected chi connectivity index (χ1v) is 11.1. The number of nitrogens with zero attached hydrogens (tertiary/aromatic N) is 4. The molecule has 0 spiro atoms. The number of rotatable bonds is 6. The third-order valence-electron chi connectivity index (χ3n) is 5.34. The van der Waals surface area contributed by atoms with Crippen LogP contribution in [0.5, 0.6) is 5.75 Å². The van der Waals surface area contributed by atoms with E-state index in [9.17, 15) is 18.0 Å². The molecule has 0 unspecified atom stereocenters. The minimum atomic E-state index is -4.52. The van der Waals surface area contributed by atoms with Crippen molar-refractivity contribution in [2.24, 2.45) is 5.41 Å². The fraction of sp³-hybridized carbons (Fsp3) is 0.565. The highest BCUT2D eigenvalue weighted by Gasteiger charge is 2.33. The highest BCUT2D eigenvalue weighted by atomic mass is 19.4. The number of carbonyl (C=O) groups is 1.